The van der Waals surface area contributed by atoms with Crippen LogP contribution < -0.4 is 5.32 Å². The van der Waals surface area contributed by atoms with Crippen LogP contribution >= 0.6 is 0 Å². The largest absolute Gasteiger partial charge is 0.466 e. The van der Waals surface area contributed by atoms with Gasteiger partial charge < -0.3 is 45.1 Å². The molecule has 1 saturated heterocycles. The maximum Gasteiger partial charge on any atom is 0.305 e. The number of amides is 1. The van der Waals surface area contributed by atoms with Crippen LogP contribution in [0.3, 0.4) is 0 Å². The van der Waals surface area contributed by atoms with Gasteiger partial charge in [-0.2, -0.15) is 0 Å². The van der Waals surface area contributed by atoms with E-state index in [1.165, 1.54) is 205 Å². The van der Waals surface area contributed by atoms with E-state index in [1.807, 2.05) is 6.08 Å². The number of allylic oxidation sites excluding steroid dienone is 9. The molecule has 0 spiro atoms. The summed E-state index contributed by atoms with van der Waals surface area (Å²) in [6.07, 6.45) is 65.0. The first kappa shape index (κ1) is 74.4. The lowest BCUT2D eigenvalue weighted by atomic mass is 9.99. The van der Waals surface area contributed by atoms with E-state index in [0.29, 0.717) is 19.4 Å². The zero-order valence-corrected chi connectivity index (χ0v) is 50.8. The highest BCUT2D eigenvalue weighted by Crippen LogP contribution is 2.23. The van der Waals surface area contributed by atoms with Crippen molar-refractivity contribution in [1.29, 1.82) is 0 Å². The third-order valence-electron chi connectivity index (χ3n) is 15.3. The molecule has 0 aromatic rings. The van der Waals surface area contributed by atoms with Gasteiger partial charge in [0.2, 0.25) is 5.91 Å². The fourth-order valence-electron chi connectivity index (χ4n) is 10.1. The van der Waals surface area contributed by atoms with Gasteiger partial charge in [0.25, 0.3) is 0 Å². The Labute approximate surface area is 484 Å². The standard InChI is InChI=1S/C68H123NO10/c1-3-5-7-9-11-13-14-15-16-30-33-36-40-44-48-52-56-64(73)77-57-53-49-45-41-37-34-31-28-26-24-22-20-18-17-19-21-23-25-27-29-32-35-39-43-47-51-55-63(72)69-60(61(71)54-50-46-42-38-12-10-8-6-4-2)59-78-68-67(76)66(75)65(74)62(58-70)79-68/h12-14,16-17,19,30,38,50,54,60-62,65-68,70-71,74-76H,3-11,15,18,20-29,31-37,39-49,51-53,55-59H2,1-2H3,(H,69,72)/b14-13-,19-17-,30-16-,38-12+,54-50+. The van der Waals surface area contributed by atoms with Gasteiger partial charge in [-0.3, -0.25) is 9.59 Å². The van der Waals surface area contributed by atoms with E-state index in [0.717, 1.165) is 64.2 Å². The van der Waals surface area contributed by atoms with Crippen molar-refractivity contribution in [3.63, 3.8) is 0 Å². The zero-order valence-electron chi connectivity index (χ0n) is 50.8. The molecule has 0 aromatic heterocycles. The van der Waals surface area contributed by atoms with Gasteiger partial charge in [0, 0.05) is 12.8 Å². The number of hydrogen-bond donors (Lipinski definition) is 6. The van der Waals surface area contributed by atoms with Gasteiger partial charge in [-0.25, -0.2) is 0 Å². The third-order valence-corrected chi connectivity index (χ3v) is 15.3. The number of aliphatic hydroxyl groups excluding tert-OH is 5. The average molecular weight is 1110 g/mol. The monoisotopic (exact) mass is 1110 g/mol. The highest BCUT2D eigenvalue weighted by Gasteiger charge is 2.44. The van der Waals surface area contributed by atoms with Crippen molar-refractivity contribution in [3.05, 3.63) is 60.8 Å². The summed E-state index contributed by atoms with van der Waals surface area (Å²) < 4.78 is 16.7. The maximum absolute atomic E-state index is 13.0. The van der Waals surface area contributed by atoms with Crippen LogP contribution in [-0.2, 0) is 23.8 Å². The molecule has 0 aliphatic carbocycles. The van der Waals surface area contributed by atoms with E-state index < -0.39 is 49.5 Å². The minimum absolute atomic E-state index is 0.0101. The SMILES string of the molecule is CCCCC/C=C/CC/C=C/C(O)C(COC1OC(CO)C(O)C(O)C1O)NC(=O)CCCCCCCCCCCC/C=C\CCCCCCCCCCCCCCOC(=O)CCCCCCC/C=C\C/C=C\CCCCCC. The molecule has 7 unspecified atom stereocenters. The molecule has 1 aliphatic rings. The van der Waals surface area contributed by atoms with E-state index in [1.54, 1.807) is 6.08 Å². The molecular formula is C68H123NO10. The number of ether oxygens (including phenoxy) is 3. The Balaban J connectivity index is 1.96. The Bertz CT molecular complexity index is 1500. The second kappa shape index (κ2) is 57.2. The van der Waals surface area contributed by atoms with Crippen molar-refractivity contribution in [2.24, 2.45) is 0 Å². The van der Waals surface area contributed by atoms with E-state index in [4.69, 9.17) is 14.2 Å². The summed E-state index contributed by atoms with van der Waals surface area (Å²) in [5.41, 5.74) is 0. The maximum atomic E-state index is 13.0. The van der Waals surface area contributed by atoms with Crippen molar-refractivity contribution in [2.75, 3.05) is 19.8 Å². The summed E-state index contributed by atoms with van der Waals surface area (Å²) in [6.45, 7) is 4.26. The molecule has 1 amide bonds. The Morgan fingerprint density at radius 1 is 0.468 bits per heavy atom. The van der Waals surface area contributed by atoms with Gasteiger partial charge in [0.05, 0.1) is 32.0 Å². The number of carbonyl (C=O) groups is 2. The normalized spacial score (nSPS) is 18.8. The van der Waals surface area contributed by atoms with E-state index in [9.17, 15) is 35.1 Å². The fourth-order valence-corrected chi connectivity index (χ4v) is 10.1. The van der Waals surface area contributed by atoms with Crippen molar-refractivity contribution in [2.45, 2.75) is 339 Å². The van der Waals surface area contributed by atoms with Crippen LogP contribution in [-0.4, -0.2) is 100 Å². The molecule has 7 atom stereocenters. The Morgan fingerprint density at radius 3 is 1.35 bits per heavy atom. The van der Waals surface area contributed by atoms with Gasteiger partial charge >= 0.3 is 5.97 Å². The van der Waals surface area contributed by atoms with Crippen LogP contribution in [0.2, 0.25) is 0 Å². The summed E-state index contributed by atoms with van der Waals surface area (Å²) >= 11 is 0. The number of esters is 1. The summed E-state index contributed by atoms with van der Waals surface area (Å²) in [6, 6.07) is -0.829. The number of aliphatic hydroxyl groups is 5. The smallest absolute Gasteiger partial charge is 0.305 e. The highest BCUT2D eigenvalue weighted by atomic mass is 16.7. The van der Waals surface area contributed by atoms with Gasteiger partial charge in [-0.15, -0.1) is 0 Å². The molecule has 1 heterocycles. The van der Waals surface area contributed by atoms with E-state index in [-0.39, 0.29) is 18.5 Å². The number of carbonyl (C=O) groups excluding carboxylic acids is 2. The first-order chi connectivity index (χ1) is 38.7. The fraction of sp³-hybridized carbons (Fsp3) is 0.824. The minimum Gasteiger partial charge on any atom is -0.466 e. The lowest BCUT2D eigenvalue weighted by Crippen LogP contribution is -2.60. The molecule has 0 radical (unpaired) electrons. The summed E-state index contributed by atoms with van der Waals surface area (Å²) in [5.74, 6) is -0.207. The summed E-state index contributed by atoms with van der Waals surface area (Å²) in [5, 5.41) is 54.2. The summed E-state index contributed by atoms with van der Waals surface area (Å²) in [4.78, 5) is 25.1. The van der Waals surface area contributed by atoms with Crippen molar-refractivity contribution in [3.8, 4) is 0 Å². The number of rotatable bonds is 57. The molecular weight excluding hydrogens is 991 g/mol. The van der Waals surface area contributed by atoms with Crippen LogP contribution in [0.1, 0.15) is 296 Å². The lowest BCUT2D eigenvalue weighted by molar-refractivity contribution is -0.302. The number of hydrogen-bond acceptors (Lipinski definition) is 10. The Hall–Kier alpha value is -2.64. The molecule has 11 nitrogen and oxygen atoms in total. The molecule has 1 fully saturated rings. The predicted molar refractivity (Wildman–Crippen MR) is 329 cm³/mol. The molecule has 0 aromatic carbocycles. The first-order valence-corrected chi connectivity index (χ1v) is 33.1. The van der Waals surface area contributed by atoms with Gasteiger partial charge in [0.15, 0.2) is 6.29 Å². The van der Waals surface area contributed by atoms with Gasteiger partial charge in [0.1, 0.15) is 24.4 Å². The third kappa shape index (κ3) is 46.5. The molecule has 0 bridgehead atoms. The second-order valence-electron chi connectivity index (χ2n) is 22.8. The minimum atomic E-state index is -1.58. The molecule has 460 valence electrons. The summed E-state index contributed by atoms with van der Waals surface area (Å²) in [7, 11) is 0. The average Bonchev–Trinajstić information content (AvgIpc) is 3.45. The van der Waals surface area contributed by atoms with Gasteiger partial charge in [-0.05, 0) is 103 Å². The van der Waals surface area contributed by atoms with E-state index in [2.05, 4.69) is 67.8 Å². The van der Waals surface area contributed by atoms with Crippen LogP contribution in [0.25, 0.3) is 0 Å². The van der Waals surface area contributed by atoms with Crippen LogP contribution in [0.5, 0.6) is 0 Å². The van der Waals surface area contributed by atoms with Crippen LogP contribution in [0.4, 0.5) is 0 Å². The predicted octanol–water partition coefficient (Wildman–Crippen LogP) is 16.2. The zero-order chi connectivity index (χ0) is 57.3. The number of unbranched alkanes of at least 4 members (excludes halogenated alkanes) is 35. The number of nitrogens with one attached hydrogen (secondary N) is 1. The molecule has 79 heavy (non-hydrogen) atoms. The van der Waals surface area contributed by atoms with Crippen LogP contribution in [0.15, 0.2) is 60.8 Å². The molecule has 0 saturated carbocycles. The van der Waals surface area contributed by atoms with E-state index >= 15 is 0 Å². The van der Waals surface area contributed by atoms with Crippen LogP contribution in [0, 0.1) is 0 Å². The highest BCUT2D eigenvalue weighted by molar-refractivity contribution is 5.76. The lowest BCUT2D eigenvalue weighted by Gasteiger charge is -2.40. The molecule has 1 rings (SSSR count). The molecule has 11 heteroatoms. The van der Waals surface area contributed by atoms with Crippen molar-refractivity contribution >= 4 is 11.9 Å². The molecule has 6 N–H and O–H groups in total. The molecule has 1 aliphatic heterocycles. The quantitative estimate of drug-likeness (QED) is 0.0195. The van der Waals surface area contributed by atoms with Gasteiger partial charge in [-0.1, -0.05) is 242 Å². The second-order valence-corrected chi connectivity index (χ2v) is 22.8. The Morgan fingerprint density at radius 2 is 0.861 bits per heavy atom. The van der Waals surface area contributed by atoms with Crippen molar-refractivity contribution in [1.82, 2.24) is 5.32 Å². The van der Waals surface area contributed by atoms with Crippen molar-refractivity contribution < 1.29 is 49.3 Å². The Kier molecular flexibility index (Phi) is 53.8. The topological polar surface area (TPSA) is 175 Å². The first-order valence-electron chi connectivity index (χ1n) is 33.1.